The number of rotatable bonds is 5. The summed E-state index contributed by atoms with van der Waals surface area (Å²) >= 11 is 1.69. The van der Waals surface area contributed by atoms with Gasteiger partial charge < -0.3 is 10.3 Å². The molecular weight excluding hydrogens is 246 g/mol. The van der Waals surface area contributed by atoms with Crippen molar-refractivity contribution in [2.24, 2.45) is 5.73 Å². The van der Waals surface area contributed by atoms with Crippen LogP contribution in [-0.4, -0.2) is 10.1 Å². The van der Waals surface area contributed by atoms with Crippen LogP contribution in [0.15, 0.2) is 33.7 Å². The maximum atomic E-state index is 5.83. The van der Waals surface area contributed by atoms with Crippen molar-refractivity contribution in [3.63, 3.8) is 0 Å². The Bertz CT molecular complexity index is 495. The standard InChI is InChI=1S/C13H17N3OS/c1-3-11(14)13-15-12(16-17-13)8-18-10-6-4-9(2)5-7-10/h4-7,11H,3,8,14H2,1-2H3/t11-/m1/s1. The van der Waals surface area contributed by atoms with E-state index in [4.69, 9.17) is 10.3 Å². The Morgan fingerprint density at radius 2 is 2.06 bits per heavy atom. The molecule has 1 atom stereocenters. The van der Waals surface area contributed by atoms with Gasteiger partial charge in [0.25, 0.3) is 0 Å². The van der Waals surface area contributed by atoms with E-state index < -0.39 is 0 Å². The molecule has 0 saturated heterocycles. The predicted molar refractivity (Wildman–Crippen MR) is 72.3 cm³/mol. The predicted octanol–water partition coefficient (Wildman–Crippen LogP) is 3.08. The van der Waals surface area contributed by atoms with Crippen LogP contribution in [0.1, 0.15) is 36.7 Å². The van der Waals surface area contributed by atoms with Gasteiger partial charge >= 0.3 is 0 Å². The van der Waals surface area contributed by atoms with Crippen molar-refractivity contribution in [3.05, 3.63) is 41.5 Å². The van der Waals surface area contributed by atoms with Gasteiger partial charge in [0.15, 0.2) is 5.82 Å². The van der Waals surface area contributed by atoms with Crippen LogP contribution in [0.3, 0.4) is 0 Å². The Balaban J connectivity index is 1.94. The molecule has 0 aliphatic heterocycles. The lowest BCUT2D eigenvalue weighted by Crippen LogP contribution is -2.08. The van der Waals surface area contributed by atoms with E-state index in [0.29, 0.717) is 17.5 Å². The fourth-order valence-electron chi connectivity index (χ4n) is 1.43. The second-order valence-electron chi connectivity index (χ2n) is 4.17. The number of hydrogen-bond donors (Lipinski definition) is 1. The summed E-state index contributed by atoms with van der Waals surface area (Å²) in [6, 6.07) is 8.22. The molecule has 0 aliphatic carbocycles. The molecular formula is C13H17N3OS. The Morgan fingerprint density at radius 3 is 2.72 bits per heavy atom. The van der Waals surface area contributed by atoms with E-state index >= 15 is 0 Å². The van der Waals surface area contributed by atoms with Crippen molar-refractivity contribution in [2.45, 2.75) is 37.0 Å². The summed E-state index contributed by atoms with van der Waals surface area (Å²) < 4.78 is 5.13. The van der Waals surface area contributed by atoms with Gasteiger partial charge in [0, 0.05) is 4.90 Å². The van der Waals surface area contributed by atoms with Crippen molar-refractivity contribution < 1.29 is 4.52 Å². The van der Waals surface area contributed by atoms with Crippen LogP contribution >= 0.6 is 11.8 Å². The zero-order chi connectivity index (χ0) is 13.0. The molecule has 1 aromatic heterocycles. The fraction of sp³-hybridized carbons (Fsp3) is 0.385. The summed E-state index contributed by atoms with van der Waals surface area (Å²) in [6.07, 6.45) is 0.798. The van der Waals surface area contributed by atoms with Crippen molar-refractivity contribution >= 4 is 11.8 Å². The molecule has 0 radical (unpaired) electrons. The van der Waals surface area contributed by atoms with Crippen LogP contribution in [-0.2, 0) is 5.75 Å². The first kappa shape index (κ1) is 13.1. The highest BCUT2D eigenvalue weighted by molar-refractivity contribution is 7.98. The maximum absolute atomic E-state index is 5.83. The summed E-state index contributed by atoms with van der Waals surface area (Å²) in [5.74, 6) is 1.92. The van der Waals surface area contributed by atoms with Gasteiger partial charge in [0.1, 0.15) is 0 Å². The number of thioether (sulfide) groups is 1. The molecule has 0 spiro atoms. The monoisotopic (exact) mass is 263 g/mol. The summed E-state index contributed by atoms with van der Waals surface area (Å²) in [5.41, 5.74) is 7.09. The molecule has 5 heteroatoms. The Hall–Kier alpha value is -1.33. The van der Waals surface area contributed by atoms with Crippen molar-refractivity contribution in [1.82, 2.24) is 10.1 Å². The van der Waals surface area contributed by atoms with Crippen LogP contribution in [0.4, 0.5) is 0 Å². The molecule has 18 heavy (non-hydrogen) atoms. The first-order chi connectivity index (χ1) is 8.69. The molecule has 0 bridgehead atoms. The minimum atomic E-state index is -0.157. The average molecular weight is 263 g/mol. The lowest BCUT2D eigenvalue weighted by Gasteiger charge is -2.00. The van der Waals surface area contributed by atoms with E-state index in [2.05, 4.69) is 41.3 Å². The highest BCUT2D eigenvalue weighted by atomic mass is 32.2. The summed E-state index contributed by atoms with van der Waals surface area (Å²) in [6.45, 7) is 4.07. The third kappa shape index (κ3) is 3.34. The van der Waals surface area contributed by atoms with Gasteiger partial charge in [0.2, 0.25) is 5.89 Å². The third-order valence-electron chi connectivity index (χ3n) is 2.63. The van der Waals surface area contributed by atoms with Gasteiger partial charge in [-0.3, -0.25) is 0 Å². The van der Waals surface area contributed by atoms with Gasteiger partial charge in [0.05, 0.1) is 11.8 Å². The third-order valence-corrected chi connectivity index (χ3v) is 3.64. The van der Waals surface area contributed by atoms with Gasteiger partial charge in [-0.2, -0.15) is 4.98 Å². The van der Waals surface area contributed by atoms with Gasteiger partial charge in [-0.15, -0.1) is 11.8 Å². The van der Waals surface area contributed by atoms with Crippen molar-refractivity contribution in [3.8, 4) is 0 Å². The Kier molecular flexibility index (Phi) is 4.38. The number of nitrogens with zero attached hydrogens (tertiary/aromatic N) is 2. The molecule has 0 fully saturated rings. The van der Waals surface area contributed by atoms with E-state index in [1.165, 1.54) is 10.5 Å². The van der Waals surface area contributed by atoms with Crippen molar-refractivity contribution in [1.29, 1.82) is 0 Å². The second kappa shape index (κ2) is 6.02. The minimum Gasteiger partial charge on any atom is -0.338 e. The number of benzene rings is 1. The van der Waals surface area contributed by atoms with E-state index in [0.717, 1.165) is 6.42 Å². The Morgan fingerprint density at radius 1 is 1.33 bits per heavy atom. The molecule has 2 rings (SSSR count). The van der Waals surface area contributed by atoms with Crippen LogP contribution in [0.2, 0.25) is 0 Å². The molecule has 96 valence electrons. The van der Waals surface area contributed by atoms with E-state index in [9.17, 15) is 0 Å². The summed E-state index contributed by atoms with van der Waals surface area (Å²) in [5, 5.41) is 3.93. The lowest BCUT2D eigenvalue weighted by molar-refractivity contribution is 0.349. The van der Waals surface area contributed by atoms with Crippen LogP contribution in [0, 0.1) is 6.92 Å². The van der Waals surface area contributed by atoms with E-state index in [1.54, 1.807) is 11.8 Å². The maximum Gasteiger partial charge on any atom is 0.243 e. The molecule has 1 heterocycles. The van der Waals surface area contributed by atoms with Gasteiger partial charge in [-0.1, -0.05) is 29.8 Å². The van der Waals surface area contributed by atoms with Gasteiger partial charge in [-0.05, 0) is 25.5 Å². The molecule has 1 aromatic carbocycles. The topological polar surface area (TPSA) is 64.9 Å². The smallest absolute Gasteiger partial charge is 0.243 e. The number of aromatic nitrogens is 2. The zero-order valence-electron chi connectivity index (χ0n) is 10.6. The summed E-state index contributed by atoms with van der Waals surface area (Å²) in [7, 11) is 0. The molecule has 0 saturated carbocycles. The molecule has 2 N–H and O–H groups in total. The van der Waals surface area contributed by atoms with E-state index in [1.807, 2.05) is 6.92 Å². The second-order valence-corrected chi connectivity index (χ2v) is 5.21. The van der Waals surface area contributed by atoms with Crippen molar-refractivity contribution in [2.75, 3.05) is 0 Å². The van der Waals surface area contributed by atoms with Crippen LogP contribution in [0.25, 0.3) is 0 Å². The number of hydrogen-bond acceptors (Lipinski definition) is 5. The lowest BCUT2D eigenvalue weighted by atomic mass is 10.2. The molecule has 0 aliphatic rings. The highest BCUT2D eigenvalue weighted by Gasteiger charge is 2.12. The molecule has 2 aromatic rings. The number of aryl methyl sites for hydroxylation is 1. The molecule has 0 unspecified atom stereocenters. The molecule has 0 amide bonds. The average Bonchev–Trinajstić information content (AvgIpc) is 2.86. The van der Waals surface area contributed by atoms with E-state index in [-0.39, 0.29) is 6.04 Å². The summed E-state index contributed by atoms with van der Waals surface area (Å²) in [4.78, 5) is 5.49. The number of nitrogens with two attached hydrogens (primary N) is 1. The quantitative estimate of drug-likeness (QED) is 0.840. The first-order valence-corrected chi connectivity index (χ1v) is 6.95. The highest BCUT2D eigenvalue weighted by Crippen LogP contribution is 2.22. The zero-order valence-corrected chi connectivity index (χ0v) is 11.4. The Labute approximate surface area is 111 Å². The van der Waals surface area contributed by atoms with Crippen LogP contribution < -0.4 is 5.73 Å². The SMILES string of the molecule is CC[C@@H](N)c1nc(CSc2ccc(C)cc2)no1. The van der Waals surface area contributed by atoms with Crippen LogP contribution in [0.5, 0.6) is 0 Å². The van der Waals surface area contributed by atoms with Gasteiger partial charge in [-0.25, -0.2) is 0 Å². The normalized spacial score (nSPS) is 12.6. The fourth-order valence-corrected chi connectivity index (χ4v) is 2.18. The molecule has 4 nitrogen and oxygen atoms in total. The largest absolute Gasteiger partial charge is 0.338 e. The minimum absolute atomic E-state index is 0.157. The first-order valence-electron chi connectivity index (χ1n) is 5.96.